The molecular formula is C11H9F3N2O2. The molecule has 2 aromatic rings. The molecule has 1 aromatic heterocycles. The Kier molecular flexibility index (Phi) is 2.68. The van der Waals surface area contributed by atoms with Crippen molar-refractivity contribution in [2.75, 3.05) is 12.8 Å². The van der Waals surface area contributed by atoms with Crippen molar-refractivity contribution in [2.24, 2.45) is 0 Å². The van der Waals surface area contributed by atoms with Crippen LogP contribution >= 0.6 is 0 Å². The van der Waals surface area contributed by atoms with E-state index in [2.05, 4.69) is 9.72 Å². The molecule has 0 saturated carbocycles. The lowest BCUT2D eigenvalue weighted by Gasteiger charge is -2.07. The van der Waals surface area contributed by atoms with Gasteiger partial charge < -0.3 is 15.5 Å². The second-order valence-corrected chi connectivity index (χ2v) is 3.63. The van der Waals surface area contributed by atoms with Crippen molar-refractivity contribution in [3.63, 3.8) is 0 Å². The maximum atomic E-state index is 12.8. The third kappa shape index (κ3) is 1.77. The van der Waals surface area contributed by atoms with E-state index in [-0.39, 0.29) is 22.3 Å². The zero-order valence-corrected chi connectivity index (χ0v) is 9.26. The third-order valence-electron chi connectivity index (χ3n) is 2.56. The third-order valence-corrected chi connectivity index (χ3v) is 2.56. The van der Waals surface area contributed by atoms with Crippen LogP contribution in [0.3, 0.4) is 0 Å². The second kappa shape index (κ2) is 3.94. The predicted molar refractivity (Wildman–Crippen MR) is 59.1 cm³/mol. The number of ether oxygens (including phenoxy) is 1. The molecule has 0 aliphatic heterocycles. The van der Waals surface area contributed by atoms with E-state index in [1.54, 1.807) is 0 Å². The van der Waals surface area contributed by atoms with E-state index < -0.39 is 17.7 Å². The first-order chi connectivity index (χ1) is 8.36. The maximum absolute atomic E-state index is 12.8. The van der Waals surface area contributed by atoms with Crippen LogP contribution in [-0.4, -0.2) is 18.1 Å². The number of hydrogen-bond donors (Lipinski definition) is 2. The fraction of sp³-hybridized carbons (Fsp3) is 0.182. The van der Waals surface area contributed by atoms with Gasteiger partial charge in [-0.1, -0.05) is 12.1 Å². The highest BCUT2D eigenvalue weighted by molar-refractivity contribution is 6.09. The van der Waals surface area contributed by atoms with Crippen molar-refractivity contribution in [3.8, 4) is 0 Å². The van der Waals surface area contributed by atoms with Crippen LogP contribution in [0.5, 0.6) is 0 Å². The zero-order chi connectivity index (χ0) is 13.5. The number of hydrogen-bond acceptors (Lipinski definition) is 3. The van der Waals surface area contributed by atoms with Crippen molar-refractivity contribution >= 4 is 22.7 Å². The summed E-state index contributed by atoms with van der Waals surface area (Å²) in [7, 11) is 1.13. The lowest BCUT2D eigenvalue weighted by molar-refractivity contribution is -0.136. The number of para-hydroxylation sites is 1. The SMILES string of the molecule is COC(=O)c1c(N)[nH]c2c(C(F)(F)F)cccc12. The summed E-state index contributed by atoms with van der Waals surface area (Å²) in [6.07, 6.45) is -4.52. The summed E-state index contributed by atoms with van der Waals surface area (Å²) < 4.78 is 42.8. The average Bonchev–Trinajstić information content (AvgIpc) is 2.62. The van der Waals surface area contributed by atoms with Gasteiger partial charge in [0.1, 0.15) is 11.4 Å². The van der Waals surface area contributed by atoms with Crippen LogP contribution in [0.4, 0.5) is 19.0 Å². The van der Waals surface area contributed by atoms with Gasteiger partial charge in [-0.3, -0.25) is 0 Å². The van der Waals surface area contributed by atoms with Gasteiger partial charge in [0.05, 0.1) is 18.2 Å². The number of benzene rings is 1. The van der Waals surface area contributed by atoms with Crippen molar-refractivity contribution in [2.45, 2.75) is 6.18 Å². The molecule has 3 N–H and O–H groups in total. The second-order valence-electron chi connectivity index (χ2n) is 3.63. The number of alkyl halides is 3. The summed E-state index contributed by atoms with van der Waals surface area (Å²) in [6.45, 7) is 0. The number of methoxy groups -OCH3 is 1. The number of carbonyl (C=O) groups excluding carboxylic acids is 1. The minimum atomic E-state index is -4.52. The molecular weight excluding hydrogens is 249 g/mol. The Morgan fingerprint density at radius 1 is 1.39 bits per heavy atom. The Hall–Kier alpha value is -2.18. The largest absolute Gasteiger partial charge is 0.465 e. The fourth-order valence-corrected chi connectivity index (χ4v) is 1.80. The molecule has 0 unspecified atom stereocenters. The first kappa shape index (κ1) is 12.3. The molecule has 0 radical (unpaired) electrons. The van der Waals surface area contributed by atoms with Gasteiger partial charge in [-0.05, 0) is 6.07 Å². The Morgan fingerprint density at radius 3 is 2.61 bits per heavy atom. The standard InChI is InChI=1S/C11H9F3N2O2/c1-18-10(17)7-5-3-2-4-6(11(12,13)14)8(5)16-9(7)15/h2-4,16H,15H2,1H3. The number of aromatic nitrogens is 1. The molecule has 1 heterocycles. The smallest absolute Gasteiger partial charge is 0.418 e. The highest BCUT2D eigenvalue weighted by Crippen LogP contribution is 2.36. The summed E-state index contributed by atoms with van der Waals surface area (Å²) in [5.74, 6) is -0.924. The molecule has 0 amide bonds. The number of halogens is 3. The Balaban J connectivity index is 2.79. The molecule has 2 rings (SSSR count). The van der Waals surface area contributed by atoms with E-state index in [1.165, 1.54) is 12.1 Å². The zero-order valence-electron chi connectivity index (χ0n) is 9.26. The minimum absolute atomic E-state index is 0.0846. The number of rotatable bonds is 1. The van der Waals surface area contributed by atoms with Gasteiger partial charge >= 0.3 is 12.1 Å². The van der Waals surface area contributed by atoms with Crippen LogP contribution < -0.4 is 5.73 Å². The van der Waals surface area contributed by atoms with Crippen LogP contribution in [0.1, 0.15) is 15.9 Å². The van der Waals surface area contributed by atoms with Crippen LogP contribution in [0, 0.1) is 0 Å². The fourth-order valence-electron chi connectivity index (χ4n) is 1.80. The summed E-state index contributed by atoms with van der Waals surface area (Å²) in [5.41, 5.74) is 4.34. The highest BCUT2D eigenvalue weighted by atomic mass is 19.4. The van der Waals surface area contributed by atoms with Crippen LogP contribution in [0.25, 0.3) is 10.9 Å². The molecule has 18 heavy (non-hydrogen) atoms. The summed E-state index contributed by atoms with van der Waals surface area (Å²) in [4.78, 5) is 13.8. The van der Waals surface area contributed by atoms with Gasteiger partial charge in [-0.25, -0.2) is 4.79 Å². The van der Waals surface area contributed by atoms with Gasteiger partial charge in [0.15, 0.2) is 0 Å². The number of nitrogens with two attached hydrogens (primary N) is 1. The Labute approximate surface area is 99.5 Å². The molecule has 7 heteroatoms. The molecule has 0 fully saturated rings. The molecule has 0 saturated heterocycles. The number of anilines is 1. The Bertz CT molecular complexity index is 617. The number of esters is 1. The lowest BCUT2D eigenvalue weighted by atomic mass is 10.1. The summed E-state index contributed by atoms with van der Waals surface area (Å²) in [6, 6.07) is 3.51. The van der Waals surface area contributed by atoms with Gasteiger partial charge in [-0.15, -0.1) is 0 Å². The average molecular weight is 258 g/mol. The van der Waals surface area contributed by atoms with E-state index in [9.17, 15) is 18.0 Å². The molecule has 0 bridgehead atoms. The van der Waals surface area contributed by atoms with E-state index in [4.69, 9.17) is 5.73 Å². The minimum Gasteiger partial charge on any atom is -0.465 e. The molecule has 4 nitrogen and oxygen atoms in total. The molecule has 1 aromatic carbocycles. The lowest BCUT2D eigenvalue weighted by Crippen LogP contribution is -2.06. The molecule has 96 valence electrons. The quantitative estimate of drug-likeness (QED) is 0.772. The number of fused-ring (bicyclic) bond motifs is 1. The van der Waals surface area contributed by atoms with E-state index in [0.29, 0.717) is 0 Å². The van der Waals surface area contributed by atoms with Gasteiger partial charge in [0, 0.05) is 5.39 Å². The van der Waals surface area contributed by atoms with Crippen LogP contribution in [0.15, 0.2) is 18.2 Å². The number of aromatic amines is 1. The van der Waals surface area contributed by atoms with Gasteiger partial charge in [-0.2, -0.15) is 13.2 Å². The van der Waals surface area contributed by atoms with Crippen molar-refractivity contribution in [1.29, 1.82) is 0 Å². The molecule has 0 aliphatic carbocycles. The predicted octanol–water partition coefficient (Wildman–Crippen LogP) is 2.56. The van der Waals surface area contributed by atoms with Crippen LogP contribution in [-0.2, 0) is 10.9 Å². The van der Waals surface area contributed by atoms with Crippen molar-refractivity contribution in [1.82, 2.24) is 4.98 Å². The number of nitrogens with one attached hydrogen (secondary N) is 1. The topological polar surface area (TPSA) is 68.1 Å². The number of nitrogen functional groups attached to an aromatic ring is 1. The maximum Gasteiger partial charge on any atom is 0.418 e. The van der Waals surface area contributed by atoms with Gasteiger partial charge in [0.2, 0.25) is 0 Å². The number of carbonyl (C=O) groups is 1. The first-order valence-corrected chi connectivity index (χ1v) is 4.92. The van der Waals surface area contributed by atoms with E-state index >= 15 is 0 Å². The van der Waals surface area contributed by atoms with Gasteiger partial charge in [0.25, 0.3) is 0 Å². The Morgan fingerprint density at radius 2 is 2.06 bits per heavy atom. The number of H-pyrrole nitrogens is 1. The monoisotopic (exact) mass is 258 g/mol. The normalized spacial score (nSPS) is 11.8. The molecule has 0 aliphatic rings. The summed E-state index contributed by atoms with van der Waals surface area (Å²) >= 11 is 0. The first-order valence-electron chi connectivity index (χ1n) is 4.92. The highest BCUT2D eigenvalue weighted by Gasteiger charge is 2.34. The van der Waals surface area contributed by atoms with Crippen LogP contribution in [0.2, 0.25) is 0 Å². The summed E-state index contributed by atoms with van der Waals surface area (Å²) in [5, 5.41) is 0.0918. The van der Waals surface area contributed by atoms with E-state index in [0.717, 1.165) is 13.2 Å². The molecule has 0 atom stereocenters. The van der Waals surface area contributed by atoms with Crippen molar-refractivity contribution in [3.05, 3.63) is 29.3 Å². The van der Waals surface area contributed by atoms with Crippen molar-refractivity contribution < 1.29 is 22.7 Å². The molecule has 0 spiro atoms. The van der Waals surface area contributed by atoms with E-state index in [1.807, 2.05) is 0 Å².